The number of carbonyl (C=O) groups is 1. The highest BCUT2D eigenvalue weighted by Crippen LogP contribution is 2.65. The van der Waals surface area contributed by atoms with E-state index in [1.54, 1.807) is 0 Å². The molecule has 4 unspecified atom stereocenters. The summed E-state index contributed by atoms with van der Waals surface area (Å²) >= 11 is 0. The molecule has 0 aliphatic heterocycles. The largest absolute Gasteiger partial charge is 0.290 e. The van der Waals surface area contributed by atoms with Gasteiger partial charge in [-0.25, -0.2) is 0 Å². The van der Waals surface area contributed by atoms with E-state index in [0.717, 1.165) is 30.1 Å². The molecule has 0 aromatic heterocycles. The van der Waals surface area contributed by atoms with Crippen molar-refractivity contribution in [3.8, 4) is 0 Å². The molecule has 1 nitrogen and oxygen atoms in total. The minimum atomic E-state index is 0.171. The van der Waals surface area contributed by atoms with Crippen LogP contribution in [0.3, 0.4) is 0 Å². The number of allylic oxidation sites excluding steroid dienone is 4. The molecule has 0 heterocycles. The van der Waals surface area contributed by atoms with Gasteiger partial charge in [-0.3, -0.25) is 4.79 Å². The van der Waals surface area contributed by atoms with Crippen LogP contribution in [0.4, 0.5) is 0 Å². The summed E-state index contributed by atoms with van der Waals surface area (Å²) in [7, 11) is 0. The van der Waals surface area contributed by atoms with Gasteiger partial charge in [0.05, 0.1) is 0 Å². The summed E-state index contributed by atoms with van der Waals surface area (Å²) in [6.07, 6.45) is 14.1. The molecule has 4 rings (SSSR count). The highest BCUT2D eigenvalue weighted by atomic mass is 16.1. The first-order valence-corrected chi connectivity index (χ1v) is 8.89. The molecule has 1 heteroatoms. The van der Waals surface area contributed by atoms with E-state index in [-0.39, 0.29) is 11.2 Å². The SMILES string of the molecule is CC1CCC2C3CCC4=CC(=O)C=C[C@]4(C)C3CC[C@]12C. The van der Waals surface area contributed by atoms with Crippen LogP contribution in [0.2, 0.25) is 0 Å². The van der Waals surface area contributed by atoms with Gasteiger partial charge in [-0.05, 0) is 79.8 Å². The number of hydrogen-bond acceptors (Lipinski definition) is 1. The minimum absolute atomic E-state index is 0.171. The van der Waals surface area contributed by atoms with Crippen LogP contribution in [0.1, 0.15) is 59.3 Å². The number of rotatable bonds is 0. The van der Waals surface area contributed by atoms with Gasteiger partial charge in [-0.2, -0.15) is 0 Å². The molecular formula is C20H28O. The van der Waals surface area contributed by atoms with Crippen molar-refractivity contribution in [1.29, 1.82) is 0 Å². The lowest BCUT2D eigenvalue weighted by atomic mass is 9.48. The standard InChI is InChI=1S/C20H28O/c1-13-4-7-17-16-6-5-14-12-15(21)8-10-20(14,3)18(16)9-11-19(13,17)2/h8,10,12-13,16-18H,4-7,9,11H2,1-3H3/t13?,16?,17?,18?,19-,20+/m1/s1. The lowest BCUT2D eigenvalue weighted by Crippen LogP contribution is -2.49. The summed E-state index contributed by atoms with van der Waals surface area (Å²) in [6.45, 7) is 7.45. The lowest BCUT2D eigenvalue weighted by molar-refractivity contribution is -0.111. The molecule has 3 fully saturated rings. The second-order valence-electron chi connectivity index (χ2n) is 8.63. The maximum absolute atomic E-state index is 11.7. The molecule has 0 amide bonds. The molecular weight excluding hydrogens is 256 g/mol. The van der Waals surface area contributed by atoms with Crippen LogP contribution in [0.5, 0.6) is 0 Å². The van der Waals surface area contributed by atoms with Crippen molar-refractivity contribution in [2.45, 2.75) is 59.3 Å². The highest BCUT2D eigenvalue weighted by Gasteiger charge is 2.57. The second-order valence-corrected chi connectivity index (χ2v) is 8.63. The van der Waals surface area contributed by atoms with Crippen molar-refractivity contribution in [2.75, 3.05) is 0 Å². The van der Waals surface area contributed by atoms with Crippen LogP contribution >= 0.6 is 0 Å². The Morgan fingerprint density at radius 3 is 2.71 bits per heavy atom. The first-order chi connectivity index (χ1) is 9.95. The third-order valence-electron chi connectivity index (χ3n) is 8.03. The third-order valence-corrected chi connectivity index (χ3v) is 8.03. The van der Waals surface area contributed by atoms with Crippen molar-refractivity contribution in [3.05, 3.63) is 23.8 Å². The topological polar surface area (TPSA) is 17.1 Å². The molecule has 0 N–H and O–H groups in total. The molecule has 0 spiro atoms. The fraction of sp³-hybridized carbons (Fsp3) is 0.750. The normalized spacial score (nSPS) is 52.0. The van der Waals surface area contributed by atoms with Crippen LogP contribution in [0, 0.1) is 34.5 Å². The van der Waals surface area contributed by atoms with E-state index in [4.69, 9.17) is 0 Å². The predicted octanol–water partition coefficient (Wildman–Crippen LogP) is 4.93. The Kier molecular flexibility index (Phi) is 2.85. The number of carbonyl (C=O) groups excluding carboxylic acids is 1. The Balaban J connectivity index is 1.70. The van der Waals surface area contributed by atoms with Crippen LogP contribution in [0.25, 0.3) is 0 Å². The summed E-state index contributed by atoms with van der Waals surface area (Å²) < 4.78 is 0. The molecule has 114 valence electrons. The van der Waals surface area contributed by atoms with Gasteiger partial charge in [-0.1, -0.05) is 32.4 Å². The van der Waals surface area contributed by atoms with Gasteiger partial charge < -0.3 is 0 Å². The molecule has 0 aromatic rings. The fourth-order valence-corrected chi connectivity index (χ4v) is 6.46. The van der Waals surface area contributed by atoms with E-state index in [9.17, 15) is 4.79 Å². The van der Waals surface area contributed by atoms with Crippen LogP contribution in [0.15, 0.2) is 23.8 Å². The van der Waals surface area contributed by atoms with Gasteiger partial charge in [-0.15, -0.1) is 0 Å². The van der Waals surface area contributed by atoms with Gasteiger partial charge in [0.15, 0.2) is 5.78 Å². The molecule has 21 heavy (non-hydrogen) atoms. The smallest absolute Gasteiger partial charge is 0.178 e. The van der Waals surface area contributed by atoms with Crippen LogP contribution in [-0.2, 0) is 4.79 Å². The van der Waals surface area contributed by atoms with E-state index in [1.165, 1.54) is 37.7 Å². The van der Waals surface area contributed by atoms with Crippen molar-refractivity contribution in [3.63, 3.8) is 0 Å². The molecule has 6 atom stereocenters. The Morgan fingerprint density at radius 2 is 1.90 bits per heavy atom. The van der Waals surface area contributed by atoms with E-state index in [1.807, 2.05) is 12.2 Å². The van der Waals surface area contributed by atoms with Crippen molar-refractivity contribution in [2.24, 2.45) is 34.5 Å². The van der Waals surface area contributed by atoms with Gasteiger partial charge in [0.25, 0.3) is 0 Å². The Hall–Kier alpha value is -0.850. The monoisotopic (exact) mass is 284 g/mol. The van der Waals surface area contributed by atoms with E-state index < -0.39 is 0 Å². The molecule has 4 aliphatic rings. The zero-order valence-corrected chi connectivity index (χ0v) is 13.7. The summed E-state index contributed by atoms with van der Waals surface area (Å²) in [5, 5.41) is 0. The quantitative estimate of drug-likeness (QED) is 0.616. The van der Waals surface area contributed by atoms with Crippen molar-refractivity contribution < 1.29 is 4.79 Å². The van der Waals surface area contributed by atoms with Gasteiger partial charge in [0, 0.05) is 5.41 Å². The van der Waals surface area contributed by atoms with E-state index in [2.05, 4.69) is 26.8 Å². The number of fused-ring (bicyclic) bond motifs is 5. The Bertz CT molecular complexity index is 542. The minimum Gasteiger partial charge on any atom is -0.290 e. The Labute approximate surface area is 128 Å². The Morgan fingerprint density at radius 1 is 1.10 bits per heavy atom. The van der Waals surface area contributed by atoms with Crippen molar-refractivity contribution in [1.82, 2.24) is 0 Å². The summed E-state index contributed by atoms with van der Waals surface area (Å²) in [5.41, 5.74) is 2.18. The molecule has 0 bridgehead atoms. The van der Waals surface area contributed by atoms with Gasteiger partial charge in [0.1, 0.15) is 0 Å². The molecule has 3 saturated carbocycles. The highest BCUT2D eigenvalue weighted by molar-refractivity contribution is 6.01. The summed E-state index contributed by atoms with van der Waals surface area (Å²) in [4.78, 5) is 11.7. The predicted molar refractivity (Wildman–Crippen MR) is 85.8 cm³/mol. The lowest BCUT2D eigenvalue weighted by Gasteiger charge is -2.57. The fourth-order valence-electron chi connectivity index (χ4n) is 6.46. The maximum atomic E-state index is 11.7. The first kappa shape index (κ1) is 13.8. The third kappa shape index (κ3) is 1.72. The molecule has 0 aromatic carbocycles. The molecule has 4 aliphatic carbocycles. The first-order valence-electron chi connectivity index (χ1n) is 8.89. The van der Waals surface area contributed by atoms with Crippen LogP contribution in [-0.4, -0.2) is 5.78 Å². The van der Waals surface area contributed by atoms with E-state index >= 15 is 0 Å². The second kappa shape index (κ2) is 4.33. The number of hydrogen-bond donors (Lipinski definition) is 0. The average Bonchev–Trinajstić information content (AvgIpc) is 2.76. The van der Waals surface area contributed by atoms with Gasteiger partial charge in [0.2, 0.25) is 0 Å². The summed E-state index contributed by atoms with van der Waals surface area (Å²) in [5.74, 6) is 3.68. The number of ketones is 1. The maximum Gasteiger partial charge on any atom is 0.178 e. The average molecular weight is 284 g/mol. The zero-order valence-electron chi connectivity index (χ0n) is 13.7. The van der Waals surface area contributed by atoms with Crippen molar-refractivity contribution >= 4 is 5.78 Å². The summed E-state index contributed by atoms with van der Waals surface area (Å²) in [6, 6.07) is 0. The zero-order chi connectivity index (χ0) is 14.8. The molecule has 0 radical (unpaired) electrons. The van der Waals surface area contributed by atoms with Gasteiger partial charge >= 0.3 is 0 Å². The molecule has 0 saturated heterocycles. The van der Waals surface area contributed by atoms with Crippen LogP contribution < -0.4 is 0 Å². The van der Waals surface area contributed by atoms with E-state index in [0.29, 0.717) is 5.41 Å².